The number of cyclic esters (lactones) is 1. The molecule has 1 N–H and O–H groups in total. The Bertz CT molecular complexity index is 792. The summed E-state index contributed by atoms with van der Waals surface area (Å²) in [5.41, 5.74) is 0.706. The van der Waals surface area contributed by atoms with Crippen LogP contribution >= 0.6 is 0 Å². The molecule has 0 bridgehead atoms. The number of carbonyl (C=O) groups excluding carboxylic acids is 2. The molecule has 0 unspecified atom stereocenters. The SMILES string of the molecule is O=C1O[C@@H](CNC(=O)C(F)(F)F)CN1c1ccc(C2CCS(=O)CC2)c(F)c1. The van der Waals surface area contributed by atoms with Gasteiger partial charge in [0.2, 0.25) is 0 Å². The zero-order valence-electron chi connectivity index (χ0n) is 14.6. The molecule has 2 aliphatic rings. The minimum Gasteiger partial charge on any atom is -0.442 e. The second kappa shape index (κ2) is 8.06. The highest BCUT2D eigenvalue weighted by atomic mass is 32.2. The van der Waals surface area contributed by atoms with Crippen molar-refractivity contribution in [2.45, 2.75) is 31.0 Å². The second-order valence-electron chi connectivity index (χ2n) is 6.65. The van der Waals surface area contributed by atoms with Crippen molar-refractivity contribution in [3.63, 3.8) is 0 Å². The molecule has 1 aromatic rings. The first-order valence-electron chi connectivity index (χ1n) is 8.62. The van der Waals surface area contributed by atoms with E-state index < -0.39 is 47.4 Å². The van der Waals surface area contributed by atoms with Gasteiger partial charge in [-0.15, -0.1) is 0 Å². The summed E-state index contributed by atoms with van der Waals surface area (Å²) < 4.78 is 67.6. The Balaban J connectivity index is 1.63. The normalized spacial score (nSPS) is 25.5. The highest BCUT2D eigenvalue weighted by molar-refractivity contribution is 7.85. The highest BCUT2D eigenvalue weighted by Gasteiger charge is 2.40. The maximum absolute atomic E-state index is 14.6. The fourth-order valence-electron chi connectivity index (χ4n) is 3.27. The van der Waals surface area contributed by atoms with E-state index in [0.29, 0.717) is 29.9 Å². The topological polar surface area (TPSA) is 75.7 Å². The lowest BCUT2D eigenvalue weighted by Crippen LogP contribution is -2.41. The lowest BCUT2D eigenvalue weighted by molar-refractivity contribution is -0.173. The maximum atomic E-state index is 14.6. The van der Waals surface area contributed by atoms with E-state index >= 15 is 0 Å². The number of nitrogens with zero attached hydrogens (tertiary/aromatic N) is 1. The second-order valence-corrected chi connectivity index (χ2v) is 8.35. The van der Waals surface area contributed by atoms with E-state index in [0.717, 1.165) is 4.90 Å². The lowest BCUT2D eigenvalue weighted by atomic mass is 9.93. The average Bonchev–Trinajstić information content (AvgIpc) is 3.00. The van der Waals surface area contributed by atoms with Crippen molar-refractivity contribution in [2.24, 2.45) is 0 Å². The van der Waals surface area contributed by atoms with Crippen LogP contribution in [0.3, 0.4) is 0 Å². The summed E-state index contributed by atoms with van der Waals surface area (Å²) in [6.45, 7) is -0.613. The third kappa shape index (κ3) is 4.62. The number of rotatable bonds is 4. The Morgan fingerprint density at radius 2 is 1.96 bits per heavy atom. The standard InChI is InChI=1S/C17H18F4N2O4S/c18-14-7-11(1-2-13(14)10-3-5-28(26)6-4-10)23-9-12(27-16(23)25)8-22-15(24)17(19,20)21/h1-2,7,10,12H,3-6,8-9H2,(H,22,24)/t10?,12-,28?/m0/s1. The summed E-state index contributed by atoms with van der Waals surface area (Å²) in [4.78, 5) is 23.9. The molecule has 2 saturated heterocycles. The fourth-order valence-corrected chi connectivity index (χ4v) is 4.56. The van der Waals surface area contributed by atoms with E-state index in [4.69, 9.17) is 4.74 Å². The van der Waals surface area contributed by atoms with E-state index in [1.54, 1.807) is 17.4 Å². The number of amides is 2. The molecule has 2 amide bonds. The van der Waals surface area contributed by atoms with Crippen LogP contribution in [-0.4, -0.2) is 53.1 Å². The molecule has 1 aromatic carbocycles. The van der Waals surface area contributed by atoms with Crippen LogP contribution in [-0.2, 0) is 20.3 Å². The zero-order chi connectivity index (χ0) is 20.5. The Kier molecular flexibility index (Phi) is 5.92. The van der Waals surface area contributed by atoms with Crippen LogP contribution in [0.4, 0.5) is 28.0 Å². The van der Waals surface area contributed by atoms with E-state index in [1.807, 2.05) is 0 Å². The highest BCUT2D eigenvalue weighted by Crippen LogP contribution is 2.32. The minimum atomic E-state index is -5.02. The van der Waals surface area contributed by atoms with Crippen LogP contribution in [0.15, 0.2) is 18.2 Å². The average molecular weight is 422 g/mol. The van der Waals surface area contributed by atoms with Gasteiger partial charge in [0.05, 0.1) is 18.8 Å². The molecule has 154 valence electrons. The molecule has 3 rings (SSSR count). The first-order valence-corrected chi connectivity index (χ1v) is 10.1. The number of ether oxygens (including phenoxy) is 1. The summed E-state index contributed by atoms with van der Waals surface area (Å²) in [5, 5.41) is 1.66. The molecule has 0 radical (unpaired) electrons. The van der Waals surface area contributed by atoms with Crippen LogP contribution in [0.1, 0.15) is 24.3 Å². The van der Waals surface area contributed by atoms with Crippen LogP contribution in [0.2, 0.25) is 0 Å². The van der Waals surface area contributed by atoms with Gasteiger partial charge in [-0.25, -0.2) is 9.18 Å². The van der Waals surface area contributed by atoms with Crippen molar-refractivity contribution >= 4 is 28.5 Å². The molecule has 0 saturated carbocycles. The molecule has 0 aromatic heterocycles. The van der Waals surface area contributed by atoms with Crippen molar-refractivity contribution in [2.75, 3.05) is 29.5 Å². The smallest absolute Gasteiger partial charge is 0.442 e. The van der Waals surface area contributed by atoms with Gasteiger partial charge in [0.25, 0.3) is 0 Å². The quantitative estimate of drug-likeness (QED) is 0.757. The molecule has 2 fully saturated rings. The number of nitrogens with one attached hydrogen (secondary N) is 1. The van der Waals surface area contributed by atoms with E-state index in [9.17, 15) is 31.4 Å². The van der Waals surface area contributed by atoms with Gasteiger partial charge in [-0.3, -0.25) is 13.9 Å². The van der Waals surface area contributed by atoms with Crippen LogP contribution in [0, 0.1) is 5.82 Å². The summed E-state index contributed by atoms with van der Waals surface area (Å²) >= 11 is 0. The molecule has 0 aliphatic carbocycles. The summed E-state index contributed by atoms with van der Waals surface area (Å²) in [5.74, 6) is -1.61. The molecule has 1 atom stereocenters. The third-order valence-electron chi connectivity index (χ3n) is 4.75. The Morgan fingerprint density at radius 3 is 2.57 bits per heavy atom. The monoisotopic (exact) mass is 422 g/mol. The first kappa shape index (κ1) is 20.6. The van der Waals surface area contributed by atoms with Gasteiger partial charge in [0.1, 0.15) is 11.9 Å². The summed E-state index contributed by atoms with van der Waals surface area (Å²) in [6, 6.07) is 4.29. The van der Waals surface area contributed by atoms with Gasteiger partial charge < -0.3 is 10.1 Å². The zero-order valence-corrected chi connectivity index (χ0v) is 15.4. The van der Waals surface area contributed by atoms with E-state index in [2.05, 4.69) is 0 Å². The molecule has 2 aliphatic heterocycles. The fraction of sp³-hybridized carbons (Fsp3) is 0.529. The Labute approximate surface area is 160 Å². The third-order valence-corrected chi connectivity index (χ3v) is 6.13. The van der Waals surface area contributed by atoms with Crippen molar-refractivity contribution in [3.05, 3.63) is 29.6 Å². The van der Waals surface area contributed by atoms with Gasteiger partial charge in [0, 0.05) is 22.3 Å². The first-order chi connectivity index (χ1) is 13.1. The van der Waals surface area contributed by atoms with Crippen molar-refractivity contribution in [1.29, 1.82) is 0 Å². The molecule has 28 heavy (non-hydrogen) atoms. The number of anilines is 1. The van der Waals surface area contributed by atoms with Gasteiger partial charge in [-0.1, -0.05) is 6.07 Å². The van der Waals surface area contributed by atoms with Crippen LogP contribution in [0.25, 0.3) is 0 Å². The van der Waals surface area contributed by atoms with Gasteiger partial charge in [-0.05, 0) is 36.5 Å². The Hall–Kier alpha value is -2.17. The van der Waals surface area contributed by atoms with E-state index in [1.165, 1.54) is 6.07 Å². The number of benzene rings is 1. The maximum Gasteiger partial charge on any atom is 0.471 e. The molecule has 0 spiro atoms. The predicted octanol–water partition coefficient (Wildman–Crippen LogP) is 2.46. The number of alkyl halides is 3. The number of halogens is 4. The van der Waals surface area contributed by atoms with Crippen molar-refractivity contribution < 1.29 is 36.1 Å². The summed E-state index contributed by atoms with van der Waals surface area (Å²) in [6.07, 6.45) is -5.58. The van der Waals surface area contributed by atoms with Crippen LogP contribution < -0.4 is 10.2 Å². The number of hydrogen-bond acceptors (Lipinski definition) is 4. The van der Waals surface area contributed by atoms with Crippen molar-refractivity contribution in [1.82, 2.24) is 5.32 Å². The summed E-state index contributed by atoms with van der Waals surface area (Å²) in [7, 11) is -0.860. The molecule has 11 heteroatoms. The number of carbonyl (C=O) groups is 2. The Morgan fingerprint density at radius 1 is 1.29 bits per heavy atom. The molecule has 2 heterocycles. The van der Waals surface area contributed by atoms with Gasteiger partial charge in [0.15, 0.2) is 0 Å². The minimum absolute atomic E-state index is 0.0393. The van der Waals surface area contributed by atoms with Crippen molar-refractivity contribution in [3.8, 4) is 0 Å². The lowest BCUT2D eigenvalue weighted by Gasteiger charge is -2.23. The number of hydrogen-bond donors (Lipinski definition) is 1. The van der Waals surface area contributed by atoms with Gasteiger partial charge >= 0.3 is 18.2 Å². The molecular formula is C17H18F4N2O4S. The van der Waals surface area contributed by atoms with Crippen LogP contribution in [0.5, 0.6) is 0 Å². The molecular weight excluding hydrogens is 404 g/mol. The largest absolute Gasteiger partial charge is 0.471 e. The van der Waals surface area contributed by atoms with Gasteiger partial charge in [-0.2, -0.15) is 13.2 Å². The predicted molar refractivity (Wildman–Crippen MR) is 92.9 cm³/mol. The molecule has 6 nitrogen and oxygen atoms in total. The van der Waals surface area contributed by atoms with E-state index in [-0.39, 0.29) is 18.2 Å².